The van der Waals surface area contributed by atoms with Crippen LogP contribution in [0.4, 0.5) is 16.2 Å². The van der Waals surface area contributed by atoms with Gasteiger partial charge in [0.1, 0.15) is 0 Å². The van der Waals surface area contributed by atoms with E-state index in [2.05, 4.69) is 5.32 Å². The highest BCUT2D eigenvalue weighted by Gasteiger charge is 2.14. The number of hydrazine groups is 1. The van der Waals surface area contributed by atoms with Gasteiger partial charge in [-0.05, 0) is 18.2 Å². The normalized spacial score (nSPS) is 14.6. The maximum atomic E-state index is 11.1. The highest BCUT2D eigenvalue weighted by Crippen LogP contribution is 2.29. The molecule has 0 fully saturated rings. The first-order valence-electron chi connectivity index (χ1n) is 3.51. The van der Waals surface area contributed by atoms with E-state index in [4.69, 9.17) is 11.6 Å². The molecule has 2 N–H and O–H groups in total. The molecule has 13 heavy (non-hydrogen) atoms. The Kier molecular flexibility index (Phi) is 1.75. The van der Waals surface area contributed by atoms with Crippen molar-refractivity contribution < 1.29 is 4.79 Å². The van der Waals surface area contributed by atoms with Crippen molar-refractivity contribution in [2.75, 3.05) is 10.5 Å². The molecule has 68 valence electrons. The van der Waals surface area contributed by atoms with Crippen LogP contribution in [0.1, 0.15) is 0 Å². The van der Waals surface area contributed by atoms with Crippen LogP contribution in [0.3, 0.4) is 0 Å². The smallest absolute Gasteiger partial charge is 0.337 e. The van der Waals surface area contributed by atoms with E-state index in [1.54, 1.807) is 6.07 Å². The lowest BCUT2D eigenvalue weighted by Crippen LogP contribution is -2.45. The standard InChI is InChI=1S/C7H5ClN3O2/c8-4-1-2-6-5(3-4)9-7(12)10-11(6)13/h1-3H,(H2,9,10,12)/q-1. The van der Waals surface area contributed by atoms with Crippen LogP contribution in [0.15, 0.2) is 18.2 Å². The van der Waals surface area contributed by atoms with Crippen molar-refractivity contribution in [2.45, 2.75) is 0 Å². The molecule has 0 atom stereocenters. The SMILES string of the molecule is O=C1Nc2cc(Cl)ccc2N([O-])N1. The molecule has 1 aliphatic heterocycles. The molecule has 0 saturated heterocycles. The Balaban J connectivity index is 2.49. The summed E-state index contributed by atoms with van der Waals surface area (Å²) in [5.74, 6) is 0. The van der Waals surface area contributed by atoms with E-state index >= 15 is 0 Å². The molecule has 0 radical (unpaired) electrons. The molecule has 6 heteroatoms. The van der Waals surface area contributed by atoms with Crippen LogP contribution in [0.5, 0.6) is 0 Å². The van der Waals surface area contributed by atoms with Gasteiger partial charge < -0.3 is 15.7 Å². The number of carbonyl (C=O) groups excluding carboxylic acids is 1. The Morgan fingerprint density at radius 1 is 1.46 bits per heavy atom. The van der Waals surface area contributed by atoms with Gasteiger partial charge in [-0.15, -0.1) is 0 Å². The highest BCUT2D eigenvalue weighted by atomic mass is 35.5. The van der Waals surface area contributed by atoms with Crippen LogP contribution in [-0.2, 0) is 0 Å². The average molecular weight is 199 g/mol. The van der Waals surface area contributed by atoms with Crippen molar-refractivity contribution in [2.24, 2.45) is 0 Å². The lowest BCUT2D eigenvalue weighted by atomic mass is 10.2. The molecule has 2 amide bonds. The third kappa shape index (κ3) is 1.39. The van der Waals surface area contributed by atoms with E-state index in [0.717, 1.165) is 0 Å². The monoisotopic (exact) mass is 198 g/mol. The molecule has 0 aliphatic carbocycles. The van der Waals surface area contributed by atoms with Crippen molar-refractivity contribution in [3.63, 3.8) is 0 Å². The molecule has 0 unspecified atom stereocenters. The minimum Gasteiger partial charge on any atom is -0.739 e. The van der Waals surface area contributed by atoms with Gasteiger partial charge in [0.2, 0.25) is 0 Å². The maximum Gasteiger partial charge on any atom is 0.337 e. The number of nitrogens with one attached hydrogen (secondary N) is 2. The number of nitrogens with zero attached hydrogens (tertiary/aromatic N) is 1. The zero-order valence-corrected chi connectivity index (χ0v) is 7.13. The Bertz CT molecular complexity index is 369. The second-order valence-corrected chi connectivity index (χ2v) is 2.96. The number of urea groups is 1. The van der Waals surface area contributed by atoms with Gasteiger partial charge in [0.15, 0.2) is 0 Å². The predicted octanol–water partition coefficient (Wildman–Crippen LogP) is 1.69. The van der Waals surface area contributed by atoms with Crippen molar-refractivity contribution in [3.05, 3.63) is 28.4 Å². The zero-order chi connectivity index (χ0) is 9.42. The lowest BCUT2D eigenvalue weighted by Gasteiger charge is -2.36. The molecule has 0 spiro atoms. The Labute approximate surface area is 78.8 Å². The fourth-order valence-corrected chi connectivity index (χ4v) is 1.26. The van der Waals surface area contributed by atoms with Gasteiger partial charge in [-0.25, -0.2) is 4.79 Å². The summed E-state index contributed by atoms with van der Waals surface area (Å²) in [5.41, 5.74) is 2.79. The van der Waals surface area contributed by atoms with Crippen LogP contribution < -0.4 is 15.9 Å². The fraction of sp³-hybridized carbons (Fsp3) is 0. The summed E-state index contributed by atoms with van der Waals surface area (Å²) in [6, 6.07) is 4.05. The molecule has 5 nitrogen and oxygen atoms in total. The number of benzene rings is 1. The first-order valence-corrected chi connectivity index (χ1v) is 3.89. The van der Waals surface area contributed by atoms with Crippen molar-refractivity contribution in [1.29, 1.82) is 0 Å². The van der Waals surface area contributed by atoms with Gasteiger partial charge in [-0.3, -0.25) is 5.43 Å². The third-order valence-corrected chi connectivity index (χ3v) is 1.86. The minimum absolute atomic E-state index is 0.337. The van der Waals surface area contributed by atoms with E-state index in [9.17, 15) is 10.0 Å². The van der Waals surface area contributed by atoms with E-state index in [0.29, 0.717) is 21.6 Å². The largest absolute Gasteiger partial charge is 0.739 e. The van der Waals surface area contributed by atoms with Crippen molar-refractivity contribution in [1.82, 2.24) is 5.43 Å². The topological polar surface area (TPSA) is 67.4 Å². The molecular weight excluding hydrogens is 194 g/mol. The van der Waals surface area contributed by atoms with E-state index < -0.39 is 6.03 Å². The number of hydrogen-bond acceptors (Lipinski definition) is 3. The quantitative estimate of drug-likeness (QED) is 0.667. The summed E-state index contributed by atoms with van der Waals surface area (Å²) in [7, 11) is 0. The first kappa shape index (κ1) is 8.15. The summed E-state index contributed by atoms with van der Waals surface area (Å²) < 4.78 is 0. The predicted molar refractivity (Wildman–Crippen MR) is 49.5 cm³/mol. The number of hydrogen-bond donors (Lipinski definition) is 2. The number of halogens is 1. The van der Waals surface area contributed by atoms with Gasteiger partial charge in [-0.1, -0.05) is 11.6 Å². The summed E-state index contributed by atoms with van der Waals surface area (Å²) >= 11 is 5.68. The summed E-state index contributed by atoms with van der Waals surface area (Å²) in [4.78, 5) is 10.8. The van der Waals surface area contributed by atoms with Crippen LogP contribution in [-0.4, -0.2) is 6.03 Å². The van der Waals surface area contributed by atoms with E-state index in [-0.39, 0.29) is 0 Å². The van der Waals surface area contributed by atoms with Gasteiger partial charge in [0, 0.05) is 5.02 Å². The summed E-state index contributed by atoms with van der Waals surface area (Å²) in [6.45, 7) is 0. The molecule has 2 rings (SSSR count). The molecule has 1 aromatic carbocycles. The molecule has 0 aromatic heterocycles. The van der Waals surface area contributed by atoms with Crippen LogP contribution >= 0.6 is 11.6 Å². The Morgan fingerprint density at radius 3 is 3.00 bits per heavy atom. The second-order valence-electron chi connectivity index (χ2n) is 2.52. The molecule has 1 aromatic rings. The minimum atomic E-state index is -0.565. The number of fused-ring (bicyclic) bond motifs is 1. The van der Waals surface area contributed by atoms with Gasteiger partial charge in [0.25, 0.3) is 0 Å². The van der Waals surface area contributed by atoms with Crippen LogP contribution in [0, 0.1) is 5.21 Å². The van der Waals surface area contributed by atoms with Crippen molar-refractivity contribution >= 4 is 29.0 Å². The fourth-order valence-electron chi connectivity index (χ4n) is 1.09. The zero-order valence-electron chi connectivity index (χ0n) is 6.37. The molecular formula is C7H5ClN3O2-. The van der Waals surface area contributed by atoms with E-state index in [1.165, 1.54) is 12.1 Å². The number of carbonyl (C=O) groups is 1. The second kappa shape index (κ2) is 2.79. The molecule has 1 heterocycles. The molecule has 0 saturated carbocycles. The molecule has 0 bridgehead atoms. The number of rotatable bonds is 0. The molecule has 1 aliphatic rings. The lowest BCUT2D eigenvalue weighted by molar-refractivity contribution is 0.251. The van der Waals surface area contributed by atoms with Crippen LogP contribution in [0.25, 0.3) is 0 Å². The third-order valence-electron chi connectivity index (χ3n) is 1.63. The number of anilines is 2. The highest BCUT2D eigenvalue weighted by molar-refractivity contribution is 6.31. The number of amides is 2. The van der Waals surface area contributed by atoms with Gasteiger partial charge in [0.05, 0.1) is 11.4 Å². The average Bonchev–Trinajstić information content (AvgIpc) is 2.02. The van der Waals surface area contributed by atoms with E-state index in [1.807, 2.05) is 5.43 Å². The van der Waals surface area contributed by atoms with Crippen LogP contribution in [0.2, 0.25) is 5.02 Å². The first-order chi connectivity index (χ1) is 6.16. The van der Waals surface area contributed by atoms with Gasteiger partial charge in [-0.2, -0.15) is 0 Å². The van der Waals surface area contributed by atoms with Gasteiger partial charge >= 0.3 is 6.03 Å². The Hall–Kier alpha value is -1.46. The summed E-state index contributed by atoms with van der Waals surface area (Å²) in [5, 5.41) is 14.4. The van der Waals surface area contributed by atoms with Crippen molar-refractivity contribution in [3.8, 4) is 0 Å². The summed E-state index contributed by atoms with van der Waals surface area (Å²) in [6.07, 6.45) is 0. The maximum absolute atomic E-state index is 11.1. The Morgan fingerprint density at radius 2 is 2.23 bits per heavy atom.